The average molecular weight is 221 g/mol. The minimum Gasteiger partial charge on any atom is -0.385 e. The van der Waals surface area contributed by atoms with Crippen molar-refractivity contribution in [2.24, 2.45) is 5.73 Å². The van der Waals surface area contributed by atoms with Crippen LogP contribution in [-0.2, 0) is 11.2 Å². The average Bonchev–Trinajstić information content (AvgIpc) is 2.31. The SMILES string of the molecule is CNC(=O)Cc1ccc(NCCCN)cc1. The van der Waals surface area contributed by atoms with Crippen LogP contribution in [0.25, 0.3) is 0 Å². The number of carbonyl (C=O) groups is 1. The first-order chi connectivity index (χ1) is 7.76. The highest BCUT2D eigenvalue weighted by molar-refractivity contribution is 5.78. The first-order valence-corrected chi connectivity index (χ1v) is 5.49. The van der Waals surface area contributed by atoms with E-state index < -0.39 is 0 Å². The second-order valence-electron chi connectivity index (χ2n) is 3.62. The molecule has 0 spiro atoms. The number of benzene rings is 1. The van der Waals surface area contributed by atoms with E-state index in [1.807, 2.05) is 24.3 Å². The van der Waals surface area contributed by atoms with E-state index in [4.69, 9.17) is 5.73 Å². The smallest absolute Gasteiger partial charge is 0.224 e. The lowest BCUT2D eigenvalue weighted by molar-refractivity contribution is -0.119. The van der Waals surface area contributed by atoms with Crippen LogP contribution in [0.15, 0.2) is 24.3 Å². The van der Waals surface area contributed by atoms with E-state index in [1.165, 1.54) is 0 Å². The molecule has 0 atom stereocenters. The van der Waals surface area contributed by atoms with Gasteiger partial charge in [0, 0.05) is 19.3 Å². The molecule has 0 fully saturated rings. The van der Waals surface area contributed by atoms with Crippen molar-refractivity contribution in [3.8, 4) is 0 Å². The highest BCUT2D eigenvalue weighted by Crippen LogP contribution is 2.09. The van der Waals surface area contributed by atoms with Gasteiger partial charge >= 0.3 is 0 Å². The van der Waals surface area contributed by atoms with E-state index >= 15 is 0 Å². The van der Waals surface area contributed by atoms with E-state index in [-0.39, 0.29) is 5.91 Å². The molecular weight excluding hydrogens is 202 g/mol. The van der Waals surface area contributed by atoms with Crippen molar-refractivity contribution in [1.29, 1.82) is 0 Å². The lowest BCUT2D eigenvalue weighted by atomic mass is 10.1. The Hall–Kier alpha value is -1.55. The number of carbonyl (C=O) groups excluding carboxylic acids is 1. The molecule has 0 unspecified atom stereocenters. The molecule has 1 aromatic carbocycles. The van der Waals surface area contributed by atoms with Gasteiger partial charge in [0.2, 0.25) is 5.91 Å². The van der Waals surface area contributed by atoms with Crippen molar-refractivity contribution in [2.45, 2.75) is 12.8 Å². The molecule has 88 valence electrons. The van der Waals surface area contributed by atoms with Crippen LogP contribution in [0.5, 0.6) is 0 Å². The molecule has 0 bridgehead atoms. The Morgan fingerprint density at radius 2 is 2.00 bits per heavy atom. The van der Waals surface area contributed by atoms with Gasteiger partial charge in [0.25, 0.3) is 0 Å². The molecule has 16 heavy (non-hydrogen) atoms. The van der Waals surface area contributed by atoms with Gasteiger partial charge in [-0.3, -0.25) is 4.79 Å². The molecule has 4 nitrogen and oxygen atoms in total. The number of nitrogens with two attached hydrogens (primary N) is 1. The molecule has 4 heteroatoms. The number of anilines is 1. The topological polar surface area (TPSA) is 67.2 Å². The van der Waals surface area contributed by atoms with Crippen molar-refractivity contribution in [3.05, 3.63) is 29.8 Å². The number of hydrogen-bond acceptors (Lipinski definition) is 3. The lowest BCUT2D eigenvalue weighted by Crippen LogP contribution is -2.19. The normalized spacial score (nSPS) is 9.88. The molecular formula is C12H19N3O. The molecule has 0 radical (unpaired) electrons. The van der Waals surface area contributed by atoms with Gasteiger partial charge in [-0.25, -0.2) is 0 Å². The first-order valence-electron chi connectivity index (χ1n) is 5.49. The van der Waals surface area contributed by atoms with Crippen molar-refractivity contribution >= 4 is 11.6 Å². The number of nitrogens with one attached hydrogen (secondary N) is 2. The Bertz CT molecular complexity index is 322. The number of rotatable bonds is 6. The lowest BCUT2D eigenvalue weighted by Gasteiger charge is -2.06. The van der Waals surface area contributed by atoms with Crippen LogP contribution >= 0.6 is 0 Å². The molecule has 1 amide bonds. The summed E-state index contributed by atoms with van der Waals surface area (Å²) in [5.74, 6) is 0.0313. The summed E-state index contributed by atoms with van der Waals surface area (Å²) in [5.41, 5.74) is 7.48. The molecule has 0 aliphatic carbocycles. The molecule has 0 heterocycles. The third-order valence-corrected chi connectivity index (χ3v) is 2.31. The fourth-order valence-electron chi connectivity index (χ4n) is 1.35. The molecule has 1 aromatic rings. The van der Waals surface area contributed by atoms with Gasteiger partial charge in [-0.15, -0.1) is 0 Å². The van der Waals surface area contributed by atoms with Gasteiger partial charge < -0.3 is 16.4 Å². The molecule has 0 saturated heterocycles. The van der Waals surface area contributed by atoms with E-state index in [1.54, 1.807) is 7.05 Å². The first kappa shape index (κ1) is 12.5. The number of likely N-dealkylation sites (N-methyl/N-ethyl adjacent to an activating group) is 1. The van der Waals surface area contributed by atoms with Crippen LogP contribution < -0.4 is 16.4 Å². The minimum atomic E-state index is 0.0313. The Balaban J connectivity index is 2.44. The number of amides is 1. The van der Waals surface area contributed by atoms with Crippen molar-refractivity contribution < 1.29 is 4.79 Å². The second kappa shape index (κ2) is 6.85. The zero-order valence-corrected chi connectivity index (χ0v) is 9.62. The van der Waals surface area contributed by atoms with Crippen molar-refractivity contribution in [3.63, 3.8) is 0 Å². The van der Waals surface area contributed by atoms with Crippen LogP contribution in [0.1, 0.15) is 12.0 Å². The second-order valence-corrected chi connectivity index (χ2v) is 3.62. The predicted octanol–water partition coefficient (Wildman–Crippen LogP) is 0.736. The summed E-state index contributed by atoms with van der Waals surface area (Å²) in [5, 5.41) is 5.86. The highest BCUT2D eigenvalue weighted by Gasteiger charge is 2.00. The van der Waals surface area contributed by atoms with Gasteiger partial charge in [-0.1, -0.05) is 12.1 Å². The third-order valence-electron chi connectivity index (χ3n) is 2.31. The van der Waals surface area contributed by atoms with Crippen LogP contribution in [-0.4, -0.2) is 26.0 Å². The summed E-state index contributed by atoms with van der Waals surface area (Å²) in [6.45, 7) is 1.58. The summed E-state index contributed by atoms with van der Waals surface area (Å²) < 4.78 is 0. The van der Waals surface area contributed by atoms with E-state index in [2.05, 4.69) is 10.6 Å². The third kappa shape index (κ3) is 4.31. The van der Waals surface area contributed by atoms with Gasteiger partial charge in [0.15, 0.2) is 0 Å². The Labute approximate surface area is 96.2 Å². The van der Waals surface area contributed by atoms with Gasteiger partial charge in [-0.05, 0) is 30.7 Å². The molecule has 4 N–H and O–H groups in total. The standard InChI is InChI=1S/C12H19N3O/c1-14-12(16)9-10-3-5-11(6-4-10)15-8-2-7-13/h3-6,15H,2,7-9,13H2,1H3,(H,14,16). The molecule has 1 rings (SSSR count). The molecule has 0 aliphatic rings. The van der Waals surface area contributed by atoms with E-state index in [0.29, 0.717) is 13.0 Å². The summed E-state index contributed by atoms with van der Waals surface area (Å²) >= 11 is 0. The Morgan fingerprint density at radius 1 is 1.31 bits per heavy atom. The fourth-order valence-corrected chi connectivity index (χ4v) is 1.35. The minimum absolute atomic E-state index is 0.0313. The quantitative estimate of drug-likeness (QED) is 0.621. The van der Waals surface area contributed by atoms with Gasteiger partial charge in [0.05, 0.1) is 6.42 Å². The van der Waals surface area contributed by atoms with Crippen LogP contribution in [0.4, 0.5) is 5.69 Å². The monoisotopic (exact) mass is 221 g/mol. The molecule has 0 aliphatic heterocycles. The molecule has 0 aromatic heterocycles. The van der Waals surface area contributed by atoms with Crippen LogP contribution in [0.3, 0.4) is 0 Å². The predicted molar refractivity (Wildman–Crippen MR) is 66.4 cm³/mol. The van der Waals surface area contributed by atoms with Crippen molar-refractivity contribution in [1.82, 2.24) is 5.32 Å². The highest BCUT2D eigenvalue weighted by atomic mass is 16.1. The summed E-state index contributed by atoms with van der Waals surface area (Å²) in [6, 6.07) is 7.88. The number of hydrogen-bond donors (Lipinski definition) is 3. The zero-order chi connectivity index (χ0) is 11.8. The Morgan fingerprint density at radius 3 is 2.56 bits per heavy atom. The summed E-state index contributed by atoms with van der Waals surface area (Å²) in [4.78, 5) is 11.1. The molecule has 0 saturated carbocycles. The Kier molecular flexibility index (Phi) is 5.36. The van der Waals surface area contributed by atoms with Crippen molar-refractivity contribution in [2.75, 3.05) is 25.5 Å². The van der Waals surface area contributed by atoms with E-state index in [9.17, 15) is 4.79 Å². The maximum absolute atomic E-state index is 11.1. The zero-order valence-electron chi connectivity index (χ0n) is 9.62. The van der Waals surface area contributed by atoms with E-state index in [0.717, 1.165) is 24.2 Å². The summed E-state index contributed by atoms with van der Waals surface area (Å²) in [6.07, 6.45) is 1.39. The fraction of sp³-hybridized carbons (Fsp3) is 0.417. The van der Waals surface area contributed by atoms with Crippen LogP contribution in [0, 0.1) is 0 Å². The summed E-state index contributed by atoms with van der Waals surface area (Å²) in [7, 11) is 1.64. The van der Waals surface area contributed by atoms with Crippen LogP contribution in [0.2, 0.25) is 0 Å². The largest absolute Gasteiger partial charge is 0.385 e. The van der Waals surface area contributed by atoms with Gasteiger partial charge in [-0.2, -0.15) is 0 Å². The van der Waals surface area contributed by atoms with Gasteiger partial charge in [0.1, 0.15) is 0 Å². The maximum atomic E-state index is 11.1. The maximum Gasteiger partial charge on any atom is 0.224 e.